The van der Waals surface area contributed by atoms with E-state index in [1.54, 1.807) is 16.8 Å². The molecule has 1 amide bonds. The summed E-state index contributed by atoms with van der Waals surface area (Å²) in [4.78, 5) is 12.4. The van der Waals surface area contributed by atoms with Gasteiger partial charge in [-0.05, 0) is 25.0 Å². The van der Waals surface area contributed by atoms with Crippen LogP contribution >= 0.6 is 0 Å². The molecule has 1 heterocycles. The zero-order chi connectivity index (χ0) is 19.4. The van der Waals surface area contributed by atoms with Gasteiger partial charge in [-0.3, -0.25) is 4.79 Å². The van der Waals surface area contributed by atoms with Gasteiger partial charge in [0.1, 0.15) is 6.54 Å². The first-order valence-electron chi connectivity index (χ1n) is 9.03. The van der Waals surface area contributed by atoms with Crippen LogP contribution < -0.4 is 5.32 Å². The van der Waals surface area contributed by atoms with Crippen LogP contribution in [-0.2, 0) is 26.9 Å². The van der Waals surface area contributed by atoms with E-state index in [0.29, 0.717) is 11.9 Å². The van der Waals surface area contributed by atoms with E-state index < -0.39 is 9.84 Å². The average molecular weight is 385 g/mol. The summed E-state index contributed by atoms with van der Waals surface area (Å²) in [5.41, 5.74) is 2.58. The molecule has 0 aliphatic rings. The van der Waals surface area contributed by atoms with Crippen molar-refractivity contribution in [2.75, 3.05) is 6.54 Å². The van der Waals surface area contributed by atoms with E-state index in [0.717, 1.165) is 23.1 Å². The van der Waals surface area contributed by atoms with Crippen LogP contribution in [0.1, 0.15) is 24.5 Å². The van der Waals surface area contributed by atoms with E-state index in [1.165, 1.54) is 0 Å². The number of rotatable bonds is 7. The molecule has 0 unspecified atom stereocenters. The van der Waals surface area contributed by atoms with E-state index in [-0.39, 0.29) is 23.1 Å². The predicted molar refractivity (Wildman–Crippen MR) is 107 cm³/mol. The highest BCUT2D eigenvalue weighted by atomic mass is 32.2. The van der Waals surface area contributed by atoms with Crippen molar-refractivity contribution in [3.63, 3.8) is 0 Å². The molecule has 0 aliphatic carbocycles. The maximum Gasteiger partial charge on any atom is 0.239 e. The molecule has 0 spiro atoms. The lowest BCUT2D eigenvalue weighted by Gasteiger charge is -2.06. The molecule has 1 N–H and O–H groups in total. The average Bonchev–Trinajstić information content (AvgIpc) is 3.01. The molecule has 0 aliphatic heterocycles. The van der Waals surface area contributed by atoms with Gasteiger partial charge in [-0.15, -0.1) is 0 Å². The second-order valence-electron chi connectivity index (χ2n) is 6.73. The largest absolute Gasteiger partial charge is 0.355 e. The van der Waals surface area contributed by atoms with E-state index in [9.17, 15) is 13.2 Å². The van der Waals surface area contributed by atoms with Gasteiger partial charge in [0.25, 0.3) is 0 Å². The van der Waals surface area contributed by atoms with Crippen molar-refractivity contribution in [1.82, 2.24) is 9.88 Å². The zero-order valence-corrected chi connectivity index (χ0v) is 16.4. The minimum absolute atomic E-state index is 0.0662. The molecule has 142 valence electrons. The van der Waals surface area contributed by atoms with Crippen molar-refractivity contribution in [2.45, 2.75) is 37.5 Å². The van der Waals surface area contributed by atoms with Crippen LogP contribution in [0.5, 0.6) is 0 Å². The number of para-hydroxylation sites is 1. The van der Waals surface area contributed by atoms with Crippen molar-refractivity contribution < 1.29 is 13.2 Å². The van der Waals surface area contributed by atoms with Crippen molar-refractivity contribution in [3.05, 3.63) is 65.9 Å². The number of amides is 1. The van der Waals surface area contributed by atoms with Gasteiger partial charge in [-0.25, -0.2) is 8.42 Å². The molecule has 5 nitrogen and oxygen atoms in total. The van der Waals surface area contributed by atoms with Gasteiger partial charge in [-0.2, -0.15) is 0 Å². The number of fused-ring (bicyclic) bond motifs is 1. The van der Waals surface area contributed by atoms with Crippen molar-refractivity contribution in [3.8, 4) is 0 Å². The fraction of sp³-hybridized carbons (Fsp3) is 0.286. The van der Waals surface area contributed by atoms with Crippen LogP contribution in [0.15, 0.2) is 59.6 Å². The molecule has 2 aromatic carbocycles. The minimum atomic E-state index is -3.54. The molecule has 27 heavy (non-hydrogen) atoms. The molecule has 0 saturated heterocycles. The first-order chi connectivity index (χ1) is 12.9. The van der Waals surface area contributed by atoms with Crippen LogP contribution in [0.2, 0.25) is 0 Å². The number of hydrogen-bond donors (Lipinski definition) is 1. The Labute approximate surface area is 159 Å². The third kappa shape index (κ3) is 4.39. The van der Waals surface area contributed by atoms with Gasteiger partial charge in [0, 0.05) is 23.6 Å². The number of aryl methyl sites for hydroxylation is 1. The number of aromatic nitrogens is 1. The van der Waals surface area contributed by atoms with E-state index in [2.05, 4.69) is 5.32 Å². The summed E-state index contributed by atoms with van der Waals surface area (Å²) in [7, 11) is -3.54. The molecule has 0 radical (unpaired) electrons. The van der Waals surface area contributed by atoms with E-state index >= 15 is 0 Å². The number of carbonyl (C=O) groups is 1. The van der Waals surface area contributed by atoms with Crippen LogP contribution in [0.25, 0.3) is 10.9 Å². The van der Waals surface area contributed by atoms with Crippen LogP contribution in [-0.4, -0.2) is 25.4 Å². The lowest BCUT2D eigenvalue weighted by atomic mass is 10.2. The SMILES string of the molecule is CCCNC(=O)Cn1cc(S(=O)(=O)Cc2ccc(C)cc2)c2ccccc21. The predicted octanol–water partition coefficient (Wildman–Crippen LogP) is 3.45. The maximum absolute atomic E-state index is 13.1. The Morgan fingerprint density at radius 1 is 1.07 bits per heavy atom. The van der Waals surface area contributed by atoms with E-state index in [4.69, 9.17) is 0 Å². The van der Waals surface area contributed by atoms with Crippen LogP contribution in [0, 0.1) is 6.92 Å². The van der Waals surface area contributed by atoms with Crippen molar-refractivity contribution >= 4 is 26.6 Å². The second-order valence-corrected chi connectivity index (χ2v) is 8.69. The Bertz CT molecular complexity index is 1050. The topological polar surface area (TPSA) is 68.2 Å². The Morgan fingerprint density at radius 3 is 2.48 bits per heavy atom. The number of sulfone groups is 1. The van der Waals surface area contributed by atoms with Gasteiger partial charge < -0.3 is 9.88 Å². The fourth-order valence-corrected chi connectivity index (χ4v) is 4.63. The highest BCUT2D eigenvalue weighted by Gasteiger charge is 2.22. The summed E-state index contributed by atoms with van der Waals surface area (Å²) in [5, 5.41) is 3.48. The number of nitrogens with zero attached hydrogens (tertiary/aromatic N) is 1. The summed E-state index contributed by atoms with van der Waals surface area (Å²) in [6.07, 6.45) is 2.44. The molecule has 0 fully saturated rings. The summed E-state index contributed by atoms with van der Waals surface area (Å²) < 4.78 is 27.8. The number of hydrogen-bond acceptors (Lipinski definition) is 3. The molecule has 6 heteroatoms. The highest BCUT2D eigenvalue weighted by molar-refractivity contribution is 7.90. The summed E-state index contributed by atoms with van der Waals surface area (Å²) in [5.74, 6) is -0.191. The Balaban J connectivity index is 1.96. The molecule has 3 aromatic rings. The Kier molecular flexibility index (Phi) is 5.65. The number of benzene rings is 2. The summed E-state index contributed by atoms with van der Waals surface area (Å²) >= 11 is 0. The Hall–Kier alpha value is -2.60. The van der Waals surface area contributed by atoms with Crippen LogP contribution in [0.3, 0.4) is 0 Å². The molecule has 0 saturated carbocycles. The third-order valence-electron chi connectivity index (χ3n) is 4.45. The highest BCUT2D eigenvalue weighted by Crippen LogP contribution is 2.28. The summed E-state index contributed by atoms with van der Waals surface area (Å²) in [6.45, 7) is 4.66. The fourth-order valence-electron chi connectivity index (χ4n) is 3.05. The van der Waals surface area contributed by atoms with E-state index in [1.807, 2.05) is 56.3 Å². The van der Waals surface area contributed by atoms with Crippen molar-refractivity contribution in [2.24, 2.45) is 0 Å². The van der Waals surface area contributed by atoms with Crippen LogP contribution in [0.4, 0.5) is 0 Å². The smallest absolute Gasteiger partial charge is 0.239 e. The minimum Gasteiger partial charge on any atom is -0.355 e. The normalized spacial score (nSPS) is 11.6. The van der Waals surface area contributed by atoms with Gasteiger partial charge in [0.05, 0.1) is 10.6 Å². The van der Waals surface area contributed by atoms with Gasteiger partial charge in [0.2, 0.25) is 5.91 Å². The van der Waals surface area contributed by atoms with Gasteiger partial charge >= 0.3 is 0 Å². The lowest BCUT2D eigenvalue weighted by molar-refractivity contribution is -0.121. The summed E-state index contributed by atoms with van der Waals surface area (Å²) in [6, 6.07) is 14.8. The third-order valence-corrected chi connectivity index (χ3v) is 6.16. The van der Waals surface area contributed by atoms with Gasteiger partial charge in [-0.1, -0.05) is 55.0 Å². The quantitative estimate of drug-likeness (QED) is 0.678. The molecule has 0 bridgehead atoms. The number of carbonyl (C=O) groups excluding carboxylic acids is 1. The maximum atomic E-state index is 13.1. The van der Waals surface area contributed by atoms with Gasteiger partial charge in [0.15, 0.2) is 9.84 Å². The Morgan fingerprint density at radius 2 is 1.78 bits per heavy atom. The zero-order valence-electron chi connectivity index (χ0n) is 15.6. The lowest BCUT2D eigenvalue weighted by Crippen LogP contribution is -2.27. The second kappa shape index (κ2) is 7.96. The first kappa shape index (κ1) is 19.2. The standard InChI is InChI=1S/C21H24N2O3S/c1-3-12-22-21(24)14-23-13-20(18-6-4-5-7-19(18)23)27(25,26)15-17-10-8-16(2)9-11-17/h4-11,13H,3,12,14-15H2,1-2H3,(H,22,24). The molecule has 0 atom stereocenters. The first-order valence-corrected chi connectivity index (χ1v) is 10.7. The number of nitrogens with one attached hydrogen (secondary N) is 1. The molecular formula is C21H24N2O3S. The monoisotopic (exact) mass is 384 g/mol. The molecular weight excluding hydrogens is 360 g/mol. The molecule has 3 rings (SSSR count). The molecule has 1 aromatic heterocycles. The van der Waals surface area contributed by atoms with Crippen molar-refractivity contribution in [1.29, 1.82) is 0 Å².